The Kier molecular flexibility index (Phi) is 4.27. The number of aliphatic hydroxyl groups excluding tert-OH is 1. The summed E-state index contributed by atoms with van der Waals surface area (Å²) in [6.45, 7) is 5.68. The smallest absolute Gasteiger partial charge is 0.309 e. The molecule has 8 nitrogen and oxygen atoms in total. The van der Waals surface area contributed by atoms with Crippen LogP contribution in [0, 0.1) is 22.7 Å². The molecule has 8 heteroatoms. The maximum absolute atomic E-state index is 13.4. The zero-order valence-corrected chi connectivity index (χ0v) is 19.2. The summed E-state index contributed by atoms with van der Waals surface area (Å²) in [7, 11) is 0. The van der Waals surface area contributed by atoms with Crippen molar-refractivity contribution < 1.29 is 38.1 Å². The maximum atomic E-state index is 13.4. The Morgan fingerprint density at radius 1 is 1.21 bits per heavy atom. The molecule has 4 heterocycles. The summed E-state index contributed by atoms with van der Waals surface area (Å²) in [5.74, 6) is -1.25. The van der Waals surface area contributed by atoms with Gasteiger partial charge < -0.3 is 23.7 Å². The standard InChI is InChI=1S/C25H30O8/c1-22(2)17(23(3)18(32-22)10-19(28)33-23)9-14(26)8-15-16(27)4-6-24-12-25(15,24)21(29)31-20(24)13-5-7-30-11-13/h5,7,11,15,17-18,20-21,29H,4,6,8-10,12H2,1-3H3/t15-,17-,18+,20-,21-,23-,24-,25-/m1/s1. The van der Waals surface area contributed by atoms with Crippen molar-refractivity contribution in [2.45, 2.75) is 89.0 Å². The predicted molar refractivity (Wildman–Crippen MR) is 112 cm³/mol. The molecule has 33 heavy (non-hydrogen) atoms. The number of ketones is 2. The third-order valence-corrected chi connectivity index (χ3v) is 9.46. The Balaban J connectivity index is 1.24. The van der Waals surface area contributed by atoms with Gasteiger partial charge in [0, 0.05) is 47.5 Å². The van der Waals surface area contributed by atoms with E-state index in [-0.39, 0.29) is 60.3 Å². The van der Waals surface area contributed by atoms with Gasteiger partial charge in [-0.3, -0.25) is 14.4 Å². The molecule has 0 unspecified atom stereocenters. The number of hydrogen-bond acceptors (Lipinski definition) is 8. The molecule has 0 amide bonds. The molecule has 2 saturated carbocycles. The number of furan rings is 1. The molecule has 5 aliphatic rings. The molecule has 0 radical (unpaired) electrons. The zero-order valence-electron chi connectivity index (χ0n) is 19.2. The molecule has 3 aliphatic heterocycles. The average Bonchev–Trinajstić information content (AvgIpc) is 3.00. The molecule has 0 spiro atoms. The van der Waals surface area contributed by atoms with Gasteiger partial charge in [-0.1, -0.05) is 0 Å². The third kappa shape index (κ3) is 2.66. The Morgan fingerprint density at radius 3 is 2.73 bits per heavy atom. The lowest BCUT2D eigenvalue weighted by Gasteiger charge is -2.35. The number of esters is 1. The van der Waals surface area contributed by atoms with Gasteiger partial charge in [0.15, 0.2) is 6.29 Å². The van der Waals surface area contributed by atoms with E-state index in [1.54, 1.807) is 12.5 Å². The fourth-order valence-electron chi connectivity index (χ4n) is 7.84. The zero-order chi connectivity index (χ0) is 23.4. The number of carbonyl (C=O) groups excluding carboxylic acids is 3. The van der Waals surface area contributed by atoms with Gasteiger partial charge in [-0.2, -0.15) is 0 Å². The highest BCUT2D eigenvalue weighted by molar-refractivity contribution is 5.90. The van der Waals surface area contributed by atoms with Crippen molar-refractivity contribution >= 4 is 17.5 Å². The summed E-state index contributed by atoms with van der Waals surface area (Å²) < 4.78 is 22.9. The van der Waals surface area contributed by atoms with E-state index in [1.807, 2.05) is 26.8 Å². The van der Waals surface area contributed by atoms with E-state index < -0.39 is 28.8 Å². The van der Waals surface area contributed by atoms with E-state index in [2.05, 4.69) is 0 Å². The number of rotatable bonds is 5. The molecule has 8 atom stereocenters. The van der Waals surface area contributed by atoms with E-state index in [9.17, 15) is 19.5 Å². The average molecular weight is 459 g/mol. The van der Waals surface area contributed by atoms with Gasteiger partial charge in [-0.15, -0.1) is 0 Å². The van der Waals surface area contributed by atoms with Crippen molar-refractivity contribution in [2.75, 3.05) is 0 Å². The fraction of sp³-hybridized carbons (Fsp3) is 0.720. The van der Waals surface area contributed by atoms with Crippen molar-refractivity contribution in [2.24, 2.45) is 22.7 Å². The SMILES string of the molecule is CC1(C)O[C@H]2CC(=O)O[C@]2(C)[C@@H]1CC(=O)C[C@@H]1C(=O)CC[C@]23C[C@]12[C@H](O)O[C@@H]3c1ccoc1. The van der Waals surface area contributed by atoms with Crippen LogP contribution in [0.1, 0.15) is 71.0 Å². The number of hydrogen-bond donors (Lipinski definition) is 1. The summed E-state index contributed by atoms with van der Waals surface area (Å²) in [6, 6.07) is 1.83. The minimum absolute atomic E-state index is 0.0188. The molecular weight excluding hydrogens is 428 g/mol. The number of fused-ring (bicyclic) bond motifs is 1. The minimum Gasteiger partial charge on any atom is -0.472 e. The van der Waals surface area contributed by atoms with Crippen LogP contribution in [0.25, 0.3) is 0 Å². The van der Waals surface area contributed by atoms with Crippen LogP contribution in [-0.4, -0.2) is 46.2 Å². The number of ether oxygens (including phenoxy) is 3. The predicted octanol–water partition coefficient (Wildman–Crippen LogP) is 2.87. The first kappa shape index (κ1) is 21.5. The topological polar surface area (TPSA) is 112 Å². The van der Waals surface area contributed by atoms with Crippen LogP contribution < -0.4 is 0 Å². The largest absolute Gasteiger partial charge is 0.472 e. The van der Waals surface area contributed by atoms with Gasteiger partial charge in [-0.25, -0.2) is 0 Å². The van der Waals surface area contributed by atoms with E-state index in [4.69, 9.17) is 18.6 Å². The molecule has 1 aromatic rings. The monoisotopic (exact) mass is 458 g/mol. The summed E-state index contributed by atoms with van der Waals surface area (Å²) in [5.41, 5.74) is -1.69. The van der Waals surface area contributed by atoms with Crippen LogP contribution in [-0.2, 0) is 28.6 Å². The highest BCUT2D eigenvalue weighted by Crippen LogP contribution is 2.83. The summed E-state index contributed by atoms with van der Waals surface area (Å²) >= 11 is 0. The van der Waals surface area contributed by atoms with Crippen LogP contribution in [0.3, 0.4) is 0 Å². The van der Waals surface area contributed by atoms with E-state index >= 15 is 0 Å². The molecule has 6 rings (SSSR count). The molecule has 0 aromatic carbocycles. The maximum Gasteiger partial charge on any atom is 0.309 e. The first-order chi connectivity index (χ1) is 15.5. The normalized spacial score (nSPS) is 47.1. The fourth-order valence-corrected chi connectivity index (χ4v) is 7.84. The minimum atomic E-state index is -1.09. The van der Waals surface area contributed by atoms with Gasteiger partial charge in [-0.05, 0) is 39.7 Å². The van der Waals surface area contributed by atoms with Gasteiger partial charge >= 0.3 is 5.97 Å². The Hall–Kier alpha value is -2.03. The lowest BCUT2D eigenvalue weighted by Crippen LogP contribution is -2.45. The van der Waals surface area contributed by atoms with Crippen molar-refractivity contribution in [3.8, 4) is 0 Å². The van der Waals surface area contributed by atoms with Crippen molar-refractivity contribution in [3.63, 3.8) is 0 Å². The molecular formula is C25H30O8. The van der Waals surface area contributed by atoms with Crippen LogP contribution in [0.2, 0.25) is 0 Å². The Morgan fingerprint density at radius 2 is 2.00 bits per heavy atom. The second kappa shape index (κ2) is 6.55. The quantitative estimate of drug-likeness (QED) is 0.671. The van der Waals surface area contributed by atoms with Crippen molar-refractivity contribution in [3.05, 3.63) is 24.2 Å². The summed E-state index contributed by atoms with van der Waals surface area (Å²) in [6.07, 6.45) is 3.48. The number of Topliss-reactive ketones (excluding diaryl/α,β-unsaturated/α-hetero) is 2. The van der Waals surface area contributed by atoms with Gasteiger partial charge in [0.1, 0.15) is 23.3 Å². The van der Waals surface area contributed by atoms with Crippen LogP contribution >= 0.6 is 0 Å². The molecule has 178 valence electrons. The lowest BCUT2D eigenvalue weighted by atomic mass is 9.67. The van der Waals surface area contributed by atoms with Crippen LogP contribution in [0.4, 0.5) is 0 Å². The van der Waals surface area contributed by atoms with E-state index in [0.29, 0.717) is 19.3 Å². The molecule has 5 fully saturated rings. The third-order valence-electron chi connectivity index (χ3n) is 9.46. The molecule has 2 aliphatic carbocycles. The number of aliphatic hydroxyl groups is 1. The second-order valence-corrected chi connectivity index (χ2v) is 11.4. The molecule has 1 N–H and O–H groups in total. The molecule has 1 aromatic heterocycles. The summed E-state index contributed by atoms with van der Waals surface area (Å²) in [5, 5.41) is 11.0. The van der Waals surface area contributed by atoms with Gasteiger partial charge in [0.25, 0.3) is 0 Å². The Bertz CT molecular complexity index is 1030. The van der Waals surface area contributed by atoms with Crippen LogP contribution in [0.15, 0.2) is 23.0 Å². The second-order valence-electron chi connectivity index (χ2n) is 11.4. The highest BCUT2D eigenvalue weighted by Gasteiger charge is 2.84. The van der Waals surface area contributed by atoms with E-state index in [0.717, 1.165) is 5.56 Å². The molecule has 3 saturated heterocycles. The summed E-state index contributed by atoms with van der Waals surface area (Å²) in [4.78, 5) is 38.4. The lowest BCUT2D eigenvalue weighted by molar-refractivity contribution is -0.157. The van der Waals surface area contributed by atoms with Crippen LogP contribution in [0.5, 0.6) is 0 Å². The van der Waals surface area contributed by atoms with Crippen molar-refractivity contribution in [1.29, 1.82) is 0 Å². The highest BCUT2D eigenvalue weighted by atomic mass is 16.6. The van der Waals surface area contributed by atoms with Gasteiger partial charge in [0.05, 0.1) is 30.7 Å². The van der Waals surface area contributed by atoms with Gasteiger partial charge in [0.2, 0.25) is 0 Å². The first-order valence-electron chi connectivity index (χ1n) is 11.8. The number of carbonyl (C=O) groups is 3. The van der Waals surface area contributed by atoms with E-state index in [1.165, 1.54) is 0 Å². The Labute approximate surface area is 191 Å². The first-order valence-corrected chi connectivity index (χ1v) is 11.8. The van der Waals surface area contributed by atoms with Crippen molar-refractivity contribution in [1.82, 2.24) is 0 Å². The molecule has 0 bridgehead atoms.